The Balaban J connectivity index is 2.43. The number of ether oxygens (including phenoxy) is 1. The van der Waals surface area contributed by atoms with E-state index >= 15 is 0 Å². The van der Waals surface area contributed by atoms with Gasteiger partial charge in [-0.05, 0) is 71.8 Å². The first kappa shape index (κ1) is 28.7. The summed E-state index contributed by atoms with van der Waals surface area (Å²) in [6, 6.07) is 6.20. The van der Waals surface area contributed by atoms with Crippen LogP contribution in [-0.4, -0.2) is 46.5 Å². The third kappa shape index (κ3) is 9.19. The molecule has 2 N–H and O–H groups in total. The number of amides is 3. The first-order valence-corrected chi connectivity index (χ1v) is 13.0. The van der Waals surface area contributed by atoms with Crippen LogP contribution in [0.3, 0.4) is 0 Å². The van der Waals surface area contributed by atoms with Crippen molar-refractivity contribution in [2.24, 2.45) is 5.92 Å². The number of nitrogens with one attached hydrogen (secondary N) is 2. The van der Waals surface area contributed by atoms with Crippen LogP contribution >= 0.6 is 0 Å². The molecule has 7 heteroatoms. The molecule has 1 saturated carbocycles. The molecule has 35 heavy (non-hydrogen) atoms. The molecule has 0 radical (unpaired) electrons. The lowest BCUT2D eigenvalue weighted by atomic mass is 9.98. The van der Waals surface area contributed by atoms with Gasteiger partial charge in [0.25, 0.3) is 0 Å². The van der Waals surface area contributed by atoms with Gasteiger partial charge in [0, 0.05) is 12.1 Å². The maximum absolute atomic E-state index is 14.1. The third-order valence-electron chi connectivity index (χ3n) is 5.89. The molecule has 1 aromatic carbocycles. The van der Waals surface area contributed by atoms with E-state index in [1.165, 1.54) is 0 Å². The summed E-state index contributed by atoms with van der Waals surface area (Å²) in [5.74, 6) is -0.259. The van der Waals surface area contributed by atoms with Crippen LogP contribution < -0.4 is 10.6 Å². The summed E-state index contributed by atoms with van der Waals surface area (Å²) in [4.78, 5) is 42.0. The number of rotatable bonds is 11. The van der Waals surface area contributed by atoms with Gasteiger partial charge in [-0.1, -0.05) is 57.0 Å². The van der Waals surface area contributed by atoms with E-state index in [1.54, 1.807) is 25.7 Å². The Morgan fingerprint density at radius 1 is 1.11 bits per heavy atom. The minimum absolute atomic E-state index is 0.00214. The van der Waals surface area contributed by atoms with Gasteiger partial charge in [0.1, 0.15) is 17.7 Å². The molecular formula is C28H45N3O4. The highest BCUT2D eigenvalue weighted by atomic mass is 16.6. The largest absolute Gasteiger partial charge is 0.444 e. The highest BCUT2D eigenvalue weighted by molar-refractivity contribution is 5.92. The minimum Gasteiger partial charge on any atom is -0.444 e. The lowest BCUT2D eigenvalue weighted by Gasteiger charge is -2.35. The Morgan fingerprint density at radius 2 is 1.77 bits per heavy atom. The molecule has 0 spiro atoms. The lowest BCUT2D eigenvalue weighted by Crippen LogP contribution is -2.54. The number of hydrogen-bond acceptors (Lipinski definition) is 4. The summed E-state index contributed by atoms with van der Waals surface area (Å²) in [7, 11) is 0. The normalized spacial score (nSPS) is 16.3. The maximum atomic E-state index is 14.1. The van der Waals surface area contributed by atoms with Crippen molar-refractivity contribution < 1.29 is 19.1 Å². The van der Waals surface area contributed by atoms with Gasteiger partial charge in [0.2, 0.25) is 11.8 Å². The average molecular weight is 488 g/mol. The van der Waals surface area contributed by atoms with Crippen molar-refractivity contribution in [3.63, 3.8) is 0 Å². The van der Waals surface area contributed by atoms with Gasteiger partial charge in [-0.2, -0.15) is 0 Å². The number of carbonyl (C=O) groups excluding carboxylic acids is 3. The fourth-order valence-corrected chi connectivity index (χ4v) is 4.30. The molecule has 3 unspecified atom stereocenters. The van der Waals surface area contributed by atoms with E-state index in [9.17, 15) is 14.4 Å². The lowest BCUT2D eigenvalue weighted by molar-refractivity contribution is -0.143. The molecule has 0 heterocycles. The topological polar surface area (TPSA) is 87.7 Å². The Labute approximate surface area is 211 Å². The quantitative estimate of drug-likeness (QED) is 0.445. The van der Waals surface area contributed by atoms with Crippen molar-refractivity contribution in [2.45, 2.75) is 117 Å². The van der Waals surface area contributed by atoms with Crippen LogP contribution in [0.1, 0.15) is 97.7 Å². The second kappa shape index (κ2) is 12.4. The highest BCUT2D eigenvalue weighted by Gasteiger charge is 2.44. The van der Waals surface area contributed by atoms with E-state index in [4.69, 9.17) is 4.74 Å². The van der Waals surface area contributed by atoms with Crippen LogP contribution in [0.4, 0.5) is 4.79 Å². The van der Waals surface area contributed by atoms with Gasteiger partial charge >= 0.3 is 6.09 Å². The fourth-order valence-electron chi connectivity index (χ4n) is 4.30. The zero-order valence-electron chi connectivity index (χ0n) is 22.8. The van der Waals surface area contributed by atoms with E-state index in [0.717, 1.165) is 36.8 Å². The predicted octanol–water partition coefficient (Wildman–Crippen LogP) is 5.27. The molecule has 3 atom stereocenters. The smallest absolute Gasteiger partial charge is 0.408 e. The van der Waals surface area contributed by atoms with Gasteiger partial charge in [0.15, 0.2) is 0 Å². The molecule has 0 aromatic heterocycles. The van der Waals surface area contributed by atoms with Crippen LogP contribution in [0.15, 0.2) is 24.3 Å². The molecule has 3 amide bonds. The summed E-state index contributed by atoms with van der Waals surface area (Å²) >= 11 is 0. The van der Waals surface area contributed by atoms with E-state index in [1.807, 2.05) is 52.0 Å². The molecule has 1 aromatic rings. The van der Waals surface area contributed by atoms with Crippen molar-refractivity contribution in [1.82, 2.24) is 15.5 Å². The van der Waals surface area contributed by atoms with Gasteiger partial charge in [-0.15, -0.1) is 0 Å². The van der Waals surface area contributed by atoms with Crippen LogP contribution in [0.2, 0.25) is 0 Å². The zero-order valence-corrected chi connectivity index (χ0v) is 22.8. The molecule has 1 aliphatic rings. The van der Waals surface area contributed by atoms with Gasteiger partial charge in [0.05, 0.1) is 0 Å². The Hall–Kier alpha value is -2.57. The fraction of sp³-hybridized carbons (Fsp3) is 0.679. The molecule has 0 bridgehead atoms. The molecule has 7 nitrogen and oxygen atoms in total. The molecule has 1 fully saturated rings. The number of aryl methyl sites for hydroxylation is 1. The van der Waals surface area contributed by atoms with Gasteiger partial charge in [-0.25, -0.2) is 4.79 Å². The summed E-state index contributed by atoms with van der Waals surface area (Å²) < 4.78 is 5.44. The van der Waals surface area contributed by atoms with Crippen molar-refractivity contribution in [3.8, 4) is 0 Å². The SMILES string of the molecule is CCCC(C)NC(=O)C(c1cccc(C)c1)N(C(=O)C(CC(C)C)NC(=O)OC(C)(C)C)C1CC1. The standard InChI is InChI=1S/C28H45N3O4/c1-9-11-20(5)29-25(32)24(21-13-10-12-19(4)17-21)31(22-14-15-22)26(33)23(16-18(2)3)30-27(34)35-28(6,7)8/h10,12-13,17-18,20,22-24H,9,11,14-16H2,1-8H3,(H,29,32)(H,30,34). The molecule has 0 saturated heterocycles. The van der Waals surface area contributed by atoms with Crippen molar-refractivity contribution >= 4 is 17.9 Å². The van der Waals surface area contributed by atoms with Crippen LogP contribution in [-0.2, 0) is 14.3 Å². The van der Waals surface area contributed by atoms with Crippen molar-refractivity contribution in [3.05, 3.63) is 35.4 Å². The highest BCUT2D eigenvalue weighted by Crippen LogP contribution is 2.36. The van der Waals surface area contributed by atoms with Gasteiger partial charge in [-0.3, -0.25) is 9.59 Å². The Bertz CT molecular complexity index is 873. The minimum atomic E-state index is -0.779. The monoisotopic (exact) mass is 487 g/mol. The molecule has 1 aliphatic carbocycles. The third-order valence-corrected chi connectivity index (χ3v) is 5.89. The molecular weight excluding hydrogens is 442 g/mol. The molecule has 2 rings (SSSR count). The van der Waals surface area contributed by atoms with E-state index in [0.29, 0.717) is 6.42 Å². The van der Waals surface area contributed by atoms with E-state index in [2.05, 4.69) is 17.6 Å². The first-order valence-electron chi connectivity index (χ1n) is 13.0. The van der Waals surface area contributed by atoms with Crippen molar-refractivity contribution in [1.29, 1.82) is 0 Å². The number of benzene rings is 1. The van der Waals surface area contributed by atoms with Gasteiger partial charge < -0.3 is 20.3 Å². The predicted molar refractivity (Wildman–Crippen MR) is 139 cm³/mol. The average Bonchev–Trinajstić information content (AvgIpc) is 3.54. The number of hydrogen-bond donors (Lipinski definition) is 2. The first-order chi connectivity index (χ1) is 16.3. The summed E-state index contributed by atoms with van der Waals surface area (Å²) in [6.45, 7) is 15.4. The Kier molecular flexibility index (Phi) is 10.2. The maximum Gasteiger partial charge on any atom is 0.408 e. The summed E-state index contributed by atoms with van der Waals surface area (Å²) in [5, 5.41) is 5.92. The Morgan fingerprint density at radius 3 is 2.29 bits per heavy atom. The number of alkyl carbamates (subject to hydrolysis) is 1. The zero-order chi connectivity index (χ0) is 26.3. The van der Waals surface area contributed by atoms with E-state index in [-0.39, 0.29) is 29.8 Å². The van der Waals surface area contributed by atoms with Crippen LogP contribution in [0.25, 0.3) is 0 Å². The summed E-state index contributed by atoms with van der Waals surface area (Å²) in [5.41, 5.74) is 1.13. The van der Waals surface area contributed by atoms with E-state index < -0.39 is 23.8 Å². The second-order valence-electron chi connectivity index (χ2n) is 11.3. The second-order valence-corrected chi connectivity index (χ2v) is 11.3. The molecule has 196 valence electrons. The van der Waals surface area contributed by atoms with Crippen LogP contribution in [0, 0.1) is 12.8 Å². The number of nitrogens with zero attached hydrogens (tertiary/aromatic N) is 1. The van der Waals surface area contributed by atoms with Crippen molar-refractivity contribution in [2.75, 3.05) is 0 Å². The summed E-state index contributed by atoms with van der Waals surface area (Å²) in [6.07, 6.45) is 3.33. The van der Waals surface area contributed by atoms with Crippen LogP contribution in [0.5, 0.6) is 0 Å². The molecule has 0 aliphatic heterocycles. The number of carbonyl (C=O) groups is 3.